The van der Waals surface area contributed by atoms with E-state index >= 15 is 0 Å². The van der Waals surface area contributed by atoms with Crippen LogP contribution < -0.4 is 9.47 Å². The molecule has 6 nitrogen and oxygen atoms in total. The SMILES string of the molecule is CCc1ncc(CN(Cc2cc(OC)ccc2OC)C[C@H]2CCCO2)cn1. The largest absolute Gasteiger partial charge is 0.497 e. The highest BCUT2D eigenvalue weighted by atomic mass is 16.5. The Bertz CT molecular complexity index is 715. The third-order valence-electron chi connectivity index (χ3n) is 4.85. The van der Waals surface area contributed by atoms with E-state index < -0.39 is 0 Å². The molecule has 146 valence electrons. The van der Waals surface area contributed by atoms with Crippen molar-refractivity contribution in [1.82, 2.24) is 14.9 Å². The standard InChI is InChI=1S/C21H29N3O3/c1-4-21-22-11-16(12-23-21)13-24(15-19-6-5-9-27-19)14-17-10-18(25-2)7-8-20(17)26-3/h7-8,10-12,19H,4-6,9,13-15H2,1-3H3/t19-/m1/s1. The zero-order valence-electron chi connectivity index (χ0n) is 16.5. The van der Waals surface area contributed by atoms with Crippen LogP contribution in [0.5, 0.6) is 11.5 Å². The molecule has 0 radical (unpaired) electrons. The van der Waals surface area contributed by atoms with Gasteiger partial charge in [-0.05, 0) is 31.0 Å². The van der Waals surface area contributed by atoms with E-state index in [1.807, 2.05) is 30.6 Å². The normalized spacial score (nSPS) is 16.7. The van der Waals surface area contributed by atoms with Gasteiger partial charge in [-0.1, -0.05) is 6.92 Å². The molecule has 2 heterocycles. The van der Waals surface area contributed by atoms with Gasteiger partial charge in [0.25, 0.3) is 0 Å². The molecule has 0 amide bonds. The predicted octanol–water partition coefficient (Wildman–Crippen LogP) is 3.24. The molecular weight excluding hydrogens is 342 g/mol. The molecule has 0 saturated carbocycles. The lowest BCUT2D eigenvalue weighted by molar-refractivity contribution is 0.0675. The summed E-state index contributed by atoms with van der Waals surface area (Å²) in [5.74, 6) is 2.57. The zero-order chi connectivity index (χ0) is 19.1. The van der Waals surface area contributed by atoms with Gasteiger partial charge < -0.3 is 14.2 Å². The Balaban J connectivity index is 1.78. The van der Waals surface area contributed by atoms with Crippen LogP contribution in [0.1, 0.15) is 36.7 Å². The molecule has 1 fully saturated rings. The van der Waals surface area contributed by atoms with Crippen molar-refractivity contribution >= 4 is 0 Å². The Morgan fingerprint density at radius 3 is 2.59 bits per heavy atom. The first-order valence-corrected chi connectivity index (χ1v) is 9.56. The first-order valence-electron chi connectivity index (χ1n) is 9.56. The lowest BCUT2D eigenvalue weighted by Crippen LogP contribution is -2.31. The average Bonchev–Trinajstić information content (AvgIpc) is 3.21. The molecule has 1 atom stereocenters. The third kappa shape index (κ3) is 5.40. The molecular formula is C21H29N3O3. The van der Waals surface area contributed by atoms with Gasteiger partial charge in [-0.3, -0.25) is 4.90 Å². The van der Waals surface area contributed by atoms with Gasteiger partial charge in [0.2, 0.25) is 0 Å². The monoisotopic (exact) mass is 371 g/mol. The molecule has 1 aromatic carbocycles. The molecule has 0 bridgehead atoms. The second-order valence-electron chi connectivity index (χ2n) is 6.84. The maximum Gasteiger partial charge on any atom is 0.127 e. The van der Waals surface area contributed by atoms with Gasteiger partial charge >= 0.3 is 0 Å². The maximum atomic E-state index is 5.87. The Morgan fingerprint density at radius 2 is 1.96 bits per heavy atom. The molecule has 3 rings (SSSR count). The van der Waals surface area contributed by atoms with Crippen LogP contribution in [0, 0.1) is 0 Å². The minimum absolute atomic E-state index is 0.275. The summed E-state index contributed by atoms with van der Waals surface area (Å²) in [6.07, 6.45) is 7.22. The Hall–Kier alpha value is -2.18. The molecule has 1 aliphatic heterocycles. The van der Waals surface area contributed by atoms with E-state index in [1.54, 1.807) is 14.2 Å². The number of aromatic nitrogens is 2. The summed E-state index contributed by atoms with van der Waals surface area (Å²) < 4.78 is 16.8. The number of hydrogen-bond donors (Lipinski definition) is 0. The van der Waals surface area contributed by atoms with E-state index in [-0.39, 0.29) is 6.10 Å². The van der Waals surface area contributed by atoms with Gasteiger partial charge in [0.1, 0.15) is 17.3 Å². The van der Waals surface area contributed by atoms with Crippen molar-refractivity contribution in [3.8, 4) is 11.5 Å². The second-order valence-corrected chi connectivity index (χ2v) is 6.84. The van der Waals surface area contributed by atoms with E-state index in [2.05, 4.69) is 21.8 Å². The number of rotatable bonds is 9. The maximum absolute atomic E-state index is 5.87. The average molecular weight is 371 g/mol. The minimum atomic E-state index is 0.275. The predicted molar refractivity (Wildman–Crippen MR) is 104 cm³/mol. The highest BCUT2D eigenvalue weighted by Crippen LogP contribution is 2.26. The highest BCUT2D eigenvalue weighted by molar-refractivity contribution is 5.40. The smallest absolute Gasteiger partial charge is 0.127 e. The zero-order valence-corrected chi connectivity index (χ0v) is 16.5. The summed E-state index contributed by atoms with van der Waals surface area (Å²) >= 11 is 0. The van der Waals surface area contributed by atoms with Gasteiger partial charge in [-0.2, -0.15) is 0 Å². The summed E-state index contributed by atoms with van der Waals surface area (Å²) in [5, 5.41) is 0. The van der Waals surface area contributed by atoms with Crippen LogP contribution in [0.25, 0.3) is 0 Å². The summed E-state index contributed by atoms with van der Waals surface area (Å²) in [5.41, 5.74) is 2.20. The number of benzene rings is 1. The van der Waals surface area contributed by atoms with Crippen molar-refractivity contribution in [2.24, 2.45) is 0 Å². The van der Waals surface area contributed by atoms with Gasteiger partial charge in [-0.25, -0.2) is 9.97 Å². The number of ether oxygens (including phenoxy) is 3. The molecule has 1 aliphatic rings. The van der Waals surface area contributed by atoms with Crippen molar-refractivity contribution in [3.63, 3.8) is 0 Å². The molecule has 0 spiro atoms. The van der Waals surface area contributed by atoms with Crippen LogP contribution in [0.3, 0.4) is 0 Å². The Kier molecular flexibility index (Phi) is 7.01. The van der Waals surface area contributed by atoms with Crippen LogP contribution in [0.15, 0.2) is 30.6 Å². The molecule has 0 unspecified atom stereocenters. The van der Waals surface area contributed by atoms with Crippen LogP contribution in [-0.2, 0) is 24.2 Å². The van der Waals surface area contributed by atoms with Crippen molar-refractivity contribution in [2.45, 2.75) is 45.4 Å². The number of aryl methyl sites for hydroxylation is 1. The molecule has 1 saturated heterocycles. The van der Waals surface area contributed by atoms with E-state index in [4.69, 9.17) is 14.2 Å². The molecule has 6 heteroatoms. The summed E-state index contributed by atoms with van der Waals surface area (Å²) in [4.78, 5) is 11.2. The second kappa shape index (κ2) is 9.67. The fourth-order valence-electron chi connectivity index (χ4n) is 3.41. The molecule has 0 aliphatic carbocycles. The lowest BCUT2D eigenvalue weighted by Gasteiger charge is -2.26. The minimum Gasteiger partial charge on any atom is -0.497 e. The van der Waals surface area contributed by atoms with Crippen molar-refractivity contribution in [2.75, 3.05) is 27.4 Å². The van der Waals surface area contributed by atoms with E-state index in [1.165, 1.54) is 0 Å². The molecule has 2 aromatic rings. The fourth-order valence-corrected chi connectivity index (χ4v) is 3.41. The topological polar surface area (TPSA) is 56.7 Å². The summed E-state index contributed by atoms with van der Waals surface area (Å²) in [6, 6.07) is 5.92. The first-order chi connectivity index (χ1) is 13.2. The van der Waals surface area contributed by atoms with Crippen molar-refractivity contribution < 1.29 is 14.2 Å². The van der Waals surface area contributed by atoms with Crippen LogP contribution >= 0.6 is 0 Å². The summed E-state index contributed by atoms with van der Waals surface area (Å²) in [6.45, 7) is 5.30. The van der Waals surface area contributed by atoms with Crippen molar-refractivity contribution in [3.05, 3.63) is 47.5 Å². The summed E-state index contributed by atoms with van der Waals surface area (Å²) in [7, 11) is 3.38. The number of methoxy groups -OCH3 is 2. The molecule has 0 N–H and O–H groups in total. The van der Waals surface area contributed by atoms with E-state index in [0.717, 1.165) is 74.0 Å². The van der Waals surface area contributed by atoms with Crippen LogP contribution in [0.4, 0.5) is 0 Å². The molecule has 1 aromatic heterocycles. The lowest BCUT2D eigenvalue weighted by atomic mass is 10.1. The van der Waals surface area contributed by atoms with Gasteiger partial charge in [0.05, 0.1) is 20.3 Å². The Labute approximate surface area is 161 Å². The van der Waals surface area contributed by atoms with Crippen LogP contribution in [0.2, 0.25) is 0 Å². The van der Waals surface area contributed by atoms with E-state index in [9.17, 15) is 0 Å². The first kappa shape index (κ1) is 19.6. The van der Waals surface area contributed by atoms with Crippen LogP contribution in [-0.4, -0.2) is 48.3 Å². The number of nitrogens with zero attached hydrogens (tertiary/aromatic N) is 3. The highest BCUT2D eigenvalue weighted by Gasteiger charge is 2.21. The number of hydrogen-bond acceptors (Lipinski definition) is 6. The molecule has 27 heavy (non-hydrogen) atoms. The van der Waals surface area contributed by atoms with Gasteiger partial charge in [0, 0.05) is 56.2 Å². The Morgan fingerprint density at radius 1 is 1.15 bits per heavy atom. The van der Waals surface area contributed by atoms with Gasteiger partial charge in [-0.15, -0.1) is 0 Å². The third-order valence-corrected chi connectivity index (χ3v) is 4.85. The quantitative estimate of drug-likeness (QED) is 0.674. The van der Waals surface area contributed by atoms with Crippen molar-refractivity contribution in [1.29, 1.82) is 0 Å². The van der Waals surface area contributed by atoms with E-state index in [0.29, 0.717) is 0 Å². The van der Waals surface area contributed by atoms with Gasteiger partial charge in [0.15, 0.2) is 0 Å². The fraction of sp³-hybridized carbons (Fsp3) is 0.524.